The van der Waals surface area contributed by atoms with Crippen LogP contribution in [-0.4, -0.2) is 13.1 Å². The van der Waals surface area contributed by atoms with Crippen LogP contribution in [0.1, 0.15) is 20.8 Å². The van der Waals surface area contributed by atoms with Crippen molar-refractivity contribution in [2.75, 3.05) is 0 Å². The van der Waals surface area contributed by atoms with Gasteiger partial charge in [0, 0.05) is 11.2 Å². The molecule has 0 radical (unpaired) electrons. The van der Waals surface area contributed by atoms with Gasteiger partial charge in [0.2, 0.25) is 0 Å². The molecule has 0 bridgehead atoms. The maximum Gasteiger partial charge on any atom is 0.106 e. The Morgan fingerprint density at radius 2 is 1.80 bits per heavy atom. The maximum atomic E-state index is 6.31. The van der Waals surface area contributed by atoms with Crippen molar-refractivity contribution in [3.63, 3.8) is 0 Å². The third-order valence-corrected chi connectivity index (χ3v) is 10.5. The predicted octanol–water partition coefficient (Wildman–Crippen LogP) is 4.21. The van der Waals surface area contributed by atoms with Crippen molar-refractivity contribution >= 4 is 40.8 Å². The summed E-state index contributed by atoms with van der Waals surface area (Å²) < 4.78 is 0.951. The van der Waals surface area contributed by atoms with Crippen molar-refractivity contribution in [3.05, 3.63) is 21.9 Å². The van der Waals surface area contributed by atoms with Gasteiger partial charge in [0.1, 0.15) is 4.60 Å². The zero-order valence-electron chi connectivity index (χ0n) is 9.48. The highest BCUT2D eigenvalue weighted by molar-refractivity contribution is 9.10. The number of nitrogens with zero attached hydrogens (tertiary/aromatic N) is 1. The number of hydrogen-bond donors (Lipinski definition) is 0. The summed E-state index contributed by atoms with van der Waals surface area (Å²) in [5.74, 6) is 0. The quantitative estimate of drug-likeness (QED) is 0.600. The van der Waals surface area contributed by atoms with Gasteiger partial charge in [-0.1, -0.05) is 50.5 Å². The van der Waals surface area contributed by atoms with E-state index in [-0.39, 0.29) is 0 Å². The first-order valence-electron chi connectivity index (χ1n) is 5.41. The van der Waals surface area contributed by atoms with Gasteiger partial charge in [0.05, 0.1) is 8.07 Å². The second kappa shape index (κ2) is 5.46. The van der Waals surface area contributed by atoms with Gasteiger partial charge in [0.25, 0.3) is 0 Å². The summed E-state index contributed by atoms with van der Waals surface area (Å²) in [7, 11) is -1.42. The summed E-state index contributed by atoms with van der Waals surface area (Å²) in [6.45, 7) is 6.82. The summed E-state index contributed by atoms with van der Waals surface area (Å²) in [6.07, 6.45) is 1.76. The molecule has 1 nitrogen and oxygen atoms in total. The van der Waals surface area contributed by atoms with Crippen molar-refractivity contribution in [1.29, 1.82) is 0 Å². The Kier molecular flexibility index (Phi) is 4.81. The standard InChI is InChI=1S/C11H17BrClNSi/c1-4-15(5-2,6-3)10-9(13)7-8-14-11(10)12/h7-8H,4-6H2,1-3H3. The first-order valence-corrected chi connectivity index (χ1v) is 9.21. The van der Waals surface area contributed by atoms with Crippen LogP contribution in [0.5, 0.6) is 0 Å². The molecule has 15 heavy (non-hydrogen) atoms. The van der Waals surface area contributed by atoms with Crippen LogP contribution in [0.3, 0.4) is 0 Å². The van der Waals surface area contributed by atoms with Crippen molar-refractivity contribution < 1.29 is 0 Å². The van der Waals surface area contributed by atoms with Gasteiger partial charge in [-0.25, -0.2) is 4.98 Å². The Labute approximate surface area is 106 Å². The number of pyridine rings is 1. The Morgan fingerprint density at radius 3 is 2.20 bits per heavy atom. The normalized spacial score (nSPS) is 11.8. The Bertz CT molecular complexity index is 311. The van der Waals surface area contributed by atoms with E-state index in [1.165, 1.54) is 23.3 Å². The third kappa shape index (κ3) is 2.45. The Balaban J connectivity index is 3.34. The first kappa shape index (κ1) is 13.2. The molecule has 0 aliphatic carbocycles. The lowest BCUT2D eigenvalue weighted by Crippen LogP contribution is -2.47. The fourth-order valence-electron chi connectivity index (χ4n) is 2.17. The van der Waals surface area contributed by atoms with Crippen molar-refractivity contribution in [1.82, 2.24) is 4.98 Å². The number of aromatic nitrogens is 1. The van der Waals surface area contributed by atoms with Crippen LogP contribution < -0.4 is 5.19 Å². The molecule has 0 aliphatic heterocycles. The molecule has 0 saturated carbocycles. The van der Waals surface area contributed by atoms with Crippen LogP contribution in [0.15, 0.2) is 16.9 Å². The van der Waals surface area contributed by atoms with E-state index < -0.39 is 8.07 Å². The van der Waals surface area contributed by atoms with Crippen LogP contribution in [0.2, 0.25) is 23.2 Å². The lowest BCUT2D eigenvalue weighted by Gasteiger charge is -2.30. The predicted molar refractivity (Wildman–Crippen MR) is 73.8 cm³/mol. The van der Waals surface area contributed by atoms with Crippen molar-refractivity contribution in [2.45, 2.75) is 38.9 Å². The van der Waals surface area contributed by atoms with E-state index >= 15 is 0 Å². The van der Waals surface area contributed by atoms with E-state index in [9.17, 15) is 0 Å². The molecular weight excluding hydrogens is 290 g/mol. The fourth-order valence-corrected chi connectivity index (χ4v) is 8.27. The minimum absolute atomic E-state index is 0.883. The number of halogens is 2. The fraction of sp³-hybridized carbons (Fsp3) is 0.545. The Hall–Kier alpha value is 0.137. The van der Waals surface area contributed by atoms with E-state index in [4.69, 9.17) is 11.6 Å². The third-order valence-electron chi connectivity index (χ3n) is 3.41. The average molecular weight is 307 g/mol. The van der Waals surface area contributed by atoms with Crippen molar-refractivity contribution in [2.24, 2.45) is 0 Å². The number of hydrogen-bond acceptors (Lipinski definition) is 1. The second-order valence-corrected chi connectivity index (χ2v) is 10.1. The molecule has 0 saturated heterocycles. The molecule has 0 spiro atoms. The van der Waals surface area contributed by atoms with Gasteiger partial charge < -0.3 is 0 Å². The van der Waals surface area contributed by atoms with Gasteiger partial charge in [-0.05, 0) is 27.2 Å². The molecule has 0 aliphatic rings. The van der Waals surface area contributed by atoms with Gasteiger partial charge in [-0.2, -0.15) is 0 Å². The van der Waals surface area contributed by atoms with Gasteiger partial charge in [0.15, 0.2) is 0 Å². The molecule has 0 aromatic carbocycles. The van der Waals surface area contributed by atoms with Crippen LogP contribution in [0.4, 0.5) is 0 Å². The van der Waals surface area contributed by atoms with Crippen LogP contribution >= 0.6 is 27.5 Å². The largest absolute Gasteiger partial charge is 0.249 e. The van der Waals surface area contributed by atoms with Crippen molar-refractivity contribution in [3.8, 4) is 0 Å². The zero-order valence-corrected chi connectivity index (χ0v) is 12.8. The maximum absolute atomic E-state index is 6.31. The topological polar surface area (TPSA) is 12.9 Å². The molecule has 0 fully saturated rings. The van der Waals surface area contributed by atoms with Gasteiger partial charge in [-0.15, -0.1) is 0 Å². The summed E-state index contributed by atoms with van der Waals surface area (Å²) in [5.41, 5.74) is 0. The summed E-state index contributed by atoms with van der Waals surface area (Å²) in [5, 5.41) is 2.19. The summed E-state index contributed by atoms with van der Waals surface area (Å²) in [4.78, 5) is 4.32. The second-order valence-electron chi connectivity index (χ2n) is 3.80. The summed E-state index contributed by atoms with van der Waals surface area (Å²) in [6, 6.07) is 5.59. The average Bonchev–Trinajstić information content (AvgIpc) is 2.24. The highest BCUT2D eigenvalue weighted by atomic mass is 79.9. The van der Waals surface area contributed by atoms with E-state index in [1.54, 1.807) is 6.20 Å². The lowest BCUT2D eigenvalue weighted by molar-refractivity contribution is 1.18. The molecule has 0 amide bonds. The lowest BCUT2D eigenvalue weighted by atomic mass is 10.5. The molecule has 4 heteroatoms. The van der Waals surface area contributed by atoms with Gasteiger partial charge >= 0.3 is 0 Å². The highest BCUT2D eigenvalue weighted by Gasteiger charge is 2.33. The van der Waals surface area contributed by atoms with E-state index in [0.29, 0.717) is 0 Å². The first-order chi connectivity index (χ1) is 7.11. The van der Waals surface area contributed by atoms with E-state index in [0.717, 1.165) is 9.63 Å². The smallest absolute Gasteiger partial charge is 0.106 e. The Morgan fingerprint density at radius 1 is 1.27 bits per heavy atom. The number of rotatable bonds is 4. The van der Waals surface area contributed by atoms with Crippen LogP contribution in [0.25, 0.3) is 0 Å². The summed E-state index contributed by atoms with van der Waals surface area (Å²) >= 11 is 9.86. The minimum Gasteiger partial charge on any atom is -0.249 e. The molecule has 1 aromatic heterocycles. The molecule has 1 rings (SSSR count). The van der Waals surface area contributed by atoms with Crippen LogP contribution in [0, 0.1) is 0 Å². The van der Waals surface area contributed by atoms with E-state index in [1.807, 2.05) is 6.07 Å². The van der Waals surface area contributed by atoms with Crippen LogP contribution in [-0.2, 0) is 0 Å². The molecule has 1 heterocycles. The zero-order chi connectivity index (χ0) is 11.5. The van der Waals surface area contributed by atoms with Gasteiger partial charge in [-0.3, -0.25) is 0 Å². The highest BCUT2D eigenvalue weighted by Crippen LogP contribution is 2.26. The van der Waals surface area contributed by atoms with E-state index in [2.05, 4.69) is 41.7 Å². The molecule has 0 unspecified atom stereocenters. The molecule has 84 valence electrons. The molecule has 0 N–H and O–H groups in total. The molecule has 0 atom stereocenters. The SMILES string of the molecule is CC[Si](CC)(CC)c1c(Cl)ccnc1Br. The monoisotopic (exact) mass is 305 g/mol. The molecular formula is C11H17BrClNSi. The minimum atomic E-state index is -1.42. The molecule has 1 aromatic rings.